The van der Waals surface area contributed by atoms with Gasteiger partial charge in [-0.25, -0.2) is 8.42 Å². The predicted octanol–water partition coefficient (Wildman–Crippen LogP) is 2.48. The molecule has 0 bridgehead atoms. The van der Waals surface area contributed by atoms with E-state index < -0.39 is 28.5 Å². The lowest BCUT2D eigenvalue weighted by molar-refractivity contribution is -0.139. The largest absolute Gasteiger partial charge is 0.486 e. The van der Waals surface area contributed by atoms with Crippen LogP contribution in [0.2, 0.25) is 0 Å². The molecule has 0 unspecified atom stereocenters. The van der Waals surface area contributed by atoms with Gasteiger partial charge >= 0.3 is 0 Å². The monoisotopic (exact) mass is 503 g/mol. The molecule has 0 spiro atoms. The maximum atomic E-state index is 13.6. The Kier molecular flexibility index (Phi) is 8.61. The molecule has 1 heterocycles. The van der Waals surface area contributed by atoms with Gasteiger partial charge in [0.25, 0.3) is 0 Å². The Labute approximate surface area is 207 Å². The third kappa shape index (κ3) is 6.45. The van der Waals surface area contributed by atoms with E-state index >= 15 is 0 Å². The van der Waals surface area contributed by atoms with Crippen LogP contribution in [0.15, 0.2) is 42.5 Å². The molecule has 1 atom stereocenters. The molecule has 0 fully saturated rings. The Bertz CT molecular complexity index is 1150. The number of ether oxygens (including phenoxy) is 2. The molecule has 2 aromatic carbocycles. The molecule has 0 aromatic heterocycles. The SMILES string of the molecule is CCNC(=O)[C@H](C)N(Cc1ccc(C)cc1)C(=O)CN(c1ccc2c(c1)OCCO2)S(=O)(=O)CC. The summed E-state index contributed by atoms with van der Waals surface area (Å²) in [6, 6.07) is 11.6. The third-order valence-electron chi connectivity index (χ3n) is 5.79. The topological polar surface area (TPSA) is 105 Å². The lowest BCUT2D eigenvalue weighted by Crippen LogP contribution is -2.51. The quantitative estimate of drug-likeness (QED) is 0.534. The zero-order chi connectivity index (χ0) is 25.6. The second-order valence-corrected chi connectivity index (χ2v) is 10.5. The summed E-state index contributed by atoms with van der Waals surface area (Å²) in [5, 5.41) is 2.74. The highest BCUT2D eigenvalue weighted by Gasteiger charge is 2.31. The van der Waals surface area contributed by atoms with E-state index in [1.54, 1.807) is 32.0 Å². The number of likely N-dealkylation sites (N-methyl/N-ethyl adjacent to an activating group) is 1. The molecule has 10 heteroatoms. The zero-order valence-corrected chi connectivity index (χ0v) is 21.4. The summed E-state index contributed by atoms with van der Waals surface area (Å²) in [6.45, 7) is 7.82. The number of aryl methyl sites for hydroxylation is 1. The smallest absolute Gasteiger partial charge is 0.244 e. The van der Waals surface area contributed by atoms with Crippen molar-refractivity contribution in [3.63, 3.8) is 0 Å². The molecule has 1 aliphatic heterocycles. The number of hydrogen-bond donors (Lipinski definition) is 1. The third-order valence-corrected chi connectivity index (χ3v) is 7.53. The van der Waals surface area contributed by atoms with Gasteiger partial charge in [-0.3, -0.25) is 13.9 Å². The van der Waals surface area contributed by atoms with Gasteiger partial charge in [0, 0.05) is 19.2 Å². The Balaban J connectivity index is 1.94. The number of nitrogens with one attached hydrogen (secondary N) is 1. The van der Waals surface area contributed by atoms with Gasteiger partial charge in [0.15, 0.2) is 11.5 Å². The highest BCUT2D eigenvalue weighted by atomic mass is 32.2. The second-order valence-electron chi connectivity index (χ2n) is 8.31. The van der Waals surface area contributed by atoms with Gasteiger partial charge in [0.05, 0.1) is 11.4 Å². The van der Waals surface area contributed by atoms with E-state index in [1.807, 2.05) is 31.2 Å². The van der Waals surface area contributed by atoms with Gasteiger partial charge in [-0.15, -0.1) is 0 Å². The van der Waals surface area contributed by atoms with Crippen molar-refractivity contribution >= 4 is 27.5 Å². The number of benzene rings is 2. The fourth-order valence-electron chi connectivity index (χ4n) is 3.70. The van der Waals surface area contributed by atoms with E-state index in [-0.39, 0.29) is 18.2 Å². The lowest BCUT2D eigenvalue weighted by atomic mass is 10.1. The summed E-state index contributed by atoms with van der Waals surface area (Å²) < 4.78 is 38.3. The predicted molar refractivity (Wildman–Crippen MR) is 134 cm³/mol. The Morgan fingerprint density at radius 1 is 1.03 bits per heavy atom. The number of carbonyl (C=O) groups excluding carboxylic acids is 2. The molecule has 1 aliphatic rings. The Morgan fingerprint density at radius 2 is 1.69 bits per heavy atom. The summed E-state index contributed by atoms with van der Waals surface area (Å²) in [6.07, 6.45) is 0. The molecular formula is C25H33N3O6S. The molecule has 0 saturated carbocycles. The van der Waals surface area contributed by atoms with Crippen LogP contribution in [0.25, 0.3) is 0 Å². The van der Waals surface area contributed by atoms with E-state index in [2.05, 4.69) is 5.32 Å². The van der Waals surface area contributed by atoms with Gasteiger partial charge in [0.2, 0.25) is 21.8 Å². The van der Waals surface area contributed by atoms with Gasteiger partial charge in [-0.1, -0.05) is 29.8 Å². The minimum atomic E-state index is -3.81. The maximum Gasteiger partial charge on any atom is 0.244 e. The normalized spacial score (nSPS) is 13.6. The van der Waals surface area contributed by atoms with Crippen LogP contribution < -0.4 is 19.1 Å². The number of fused-ring (bicyclic) bond motifs is 1. The summed E-state index contributed by atoms with van der Waals surface area (Å²) in [7, 11) is -3.81. The maximum absolute atomic E-state index is 13.6. The Morgan fingerprint density at radius 3 is 2.31 bits per heavy atom. The molecule has 3 rings (SSSR count). The number of sulfonamides is 1. The standard InChI is InChI=1S/C25H33N3O6S/c1-5-26-25(30)19(4)27(16-20-9-7-18(3)8-10-20)24(29)17-28(35(31,32)6-2)21-11-12-22-23(15-21)34-14-13-33-22/h7-12,15,19H,5-6,13-14,16-17H2,1-4H3,(H,26,30)/t19-/m0/s1. The number of carbonyl (C=O) groups is 2. The van der Waals surface area contributed by atoms with Crippen molar-refractivity contribution in [2.75, 3.05) is 36.4 Å². The first-order valence-corrected chi connectivity index (χ1v) is 13.3. The van der Waals surface area contributed by atoms with Crippen molar-refractivity contribution in [3.05, 3.63) is 53.6 Å². The van der Waals surface area contributed by atoms with Gasteiger partial charge in [0.1, 0.15) is 25.8 Å². The first kappa shape index (κ1) is 26.3. The van der Waals surface area contributed by atoms with Crippen LogP contribution in [0.5, 0.6) is 11.5 Å². The van der Waals surface area contributed by atoms with Crippen molar-refractivity contribution in [2.45, 2.75) is 40.3 Å². The van der Waals surface area contributed by atoms with E-state index in [0.29, 0.717) is 36.9 Å². The highest BCUT2D eigenvalue weighted by molar-refractivity contribution is 7.92. The van der Waals surface area contributed by atoms with Crippen LogP contribution in [-0.2, 0) is 26.2 Å². The highest BCUT2D eigenvalue weighted by Crippen LogP contribution is 2.35. The molecule has 0 aliphatic carbocycles. The van der Waals surface area contributed by atoms with Crippen molar-refractivity contribution < 1.29 is 27.5 Å². The number of amides is 2. The molecule has 2 aromatic rings. The van der Waals surface area contributed by atoms with Crippen LogP contribution >= 0.6 is 0 Å². The fourth-order valence-corrected chi connectivity index (χ4v) is 4.76. The summed E-state index contributed by atoms with van der Waals surface area (Å²) in [5.74, 6) is -0.0531. The van der Waals surface area contributed by atoms with Crippen LogP contribution in [0.4, 0.5) is 5.69 Å². The molecule has 0 saturated heterocycles. The average Bonchev–Trinajstić information content (AvgIpc) is 2.86. The van der Waals surface area contributed by atoms with Crippen molar-refractivity contribution in [3.8, 4) is 11.5 Å². The summed E-state index contributed by atoms with van der Waals surface area (Å²) in [4.78, 5) is 27.6. The van der Waals surface area contributed by atoms with E-state index in [0.717, 1.165) is 15.4 Å². The minimum absolute atomic E-state index is 0.165. The van der Waals surface area contributed by atoms with Gasteiger partial charge < -0.3 is 19.7 Å². The van der Waals surface area contributed by atoms with E-state index in [9.17, 15) is 18.0 Å². The Hall–Kier alpha value is -3.27. The van der Waals surface area contributed by atoms with E-state index in [4.69, 9.17) is 9.47 Å². The number of anilines is 1. The van der Waals surface area contributed by atoms with Crippen molar-refractivity contribution in [1.29, 1.82) is 0 Å². The molecule has 2 amide bonds. The minimum Gasteiger partial charge on any atom is -0.486 e. The molecule has 190 valence electrons. The lowest BCUT2D eigenvalue weighted by Gasteiger charge is -2.32. The first-order valence-electron chi connectivity index (χ1n) is 11.7. The van der Waals surface area contributed by atoms with Crippen molar-refractivity contribution in [1.82, 2.24) is 10.2 Å². The van der Waals surface area contributed by atoms with Crippen LogP contribution in [0.3, 0.4) is 0 Å². The summed E-state index contributed by atoms with van der Waals surface area (Å²) in [5.41, 5.74) is 2.21. The summed E-state index contributed by atoms with van der Waals surface area (Å²) >= 11 is 0. The average molecular weight is 504 g/mol. The van der Waals surface area contributed by atoms with Crippen molar-refractivity contribution in [2.24, 2.45) is 0 Å². The molecule has 9 nitrogen and oxygen atoms in total. The van der Waals surface area contributed by atoms with Crippen LogP contribution in [0, 0.1) is 6.92 Å². The van der Waals surface area contributed by atoms with Crippen LogP contribution in [-0.4, -0.2) is 63.2 Å². The molecule has 0 radical (unpaired) electrons. The number of rotatable bonds is 10. The fraction of sp³-hybridized carbons (Fsp3) is 0.440. The molecule has 35 heavy (non-hydrogen) atoms. The van der Waals surface area contributed by atoms with Gasteiger partial charge in [-0.05, 0) is 45.4 Å². The zero-order valence-electron chi connectivity index (χ0n) is 20.6. The second kappa shape index (κ2) is 11.4. The van der Waals surface area contributed by atoms with E-state index in [1.165, 1.54) is 11.8 Å². The van der Waals surface area contributed by atoms with Crippen LogP contribution in [0.1, 0.15) is 31.9 Å². The van der Waals surface area contributed by atoms with Gasteiger partial charge in [-0.2, -0.15) is 0 Å². The molecular weight excluding hydrogens is 470 g/mol. The number of hydrogen-bond acceptors (Lipinski definition) is 6. The molecule has 1 N–H and O–H groups in total. The first-order chi connectivity index (χ1) is 16.7. The number of nitrogens with zero attached hydrogens (tertiary/aromatic N) is 2.